The molecule has 0 spiro atoms. The minimum absolute atomic E-state index is 0. The smallest absolute Gasteiger partial charge is 0.258 e. The van der Waals surface area contributed by atoms with Crippen molar-refractivity contribution in [3.8, 4) is 5.75 Å². The van der Waals surface area contributed by atoms with Crippen LogP contribution in [0.25, 0.3) is 10.8 Å². The lowest BCUT2D eigenvalue weighted by molar-refractivity contribution is -0.128. The van der Waals surface area contributed by atoms with Crippen molar-refractivity contribution in [2.75, 3.05) is 30.5 Å². The summed E-state index contributed by atoms with van der Waals surface area (Å²) < 4.78 is 20.8. The van der Waals surface area contributed by atoms with Crippen molar-refractivity contribution in [1.29, 1.82) is 0 Å². The zero-order valence-electron chi connectivity index (χ0n) is 23.8. The van der Waals surface area contributed by atoms with E-state index >= 15 is 0 Å². The Morgan fingerprint density at radius 1 is 1.05 bits per heavy atom. The van der Waals surface area contributed by atoms with Gasteiger partial charge < -0.3 is 25.2 Å². The molecule has 3 amide bonds. The molecule has 5 rings (SSSR count). The van der Waals surface area contributed by atoms with Gasteiger partial charge in [0.1, 0.15) is 17.6 Å². The molecule has 0 saturated carbocycles. The number of para-hydroxylation sites is 2. The third-order valence-electron chi connectivity index (χ3n) is 7.44. The first kappa shape index (κ1) is 31.9. The summed E-state index contributed by atoms with van der Waals surface area (Å²) in [5, 5.41) is 7.56. The van der Waals surface area contributed by atoms with Crippen LogP contribution in [0.5, 0.6) is 5.75 Å². The summed E-state index contributed by atoms with van der Waals surface area (Å²) in [7, 11) is 3.22. The number of nitrogens with zero attached hydrogens (tertiary/aromatic N) is 2. The molecule has 2 N–H and O–H groups in total. The highest BCUT2D eigenvalue weighted by molar-refractivity contribution is 9.10. The van der Waals surface area contributed by atoms with E-state index in [9.17, 15) is 18.8 Å². The summed E-state index contributed by atoms with van der Waals surface area (Å²) in [5.41, 5.74) is 1.83. The van der Waals surface area contributed by atoms with Crippen molar-refractivity contribution < 1.29 is 23.5 Å². The first-order valence-electron chi connectivity index (χ1n) is 13.4. The highest BCUT2D eigenvalue weighted by Gasteiger charge is 2.38. The van der Waals surface area contributed by atoms with Gasteiger partial charge in [0.15, 0.2) is 0 Å². The van der Waals surface area contributed by atoms with Gasteiger partial charge in [0.25, 0.3) is 11.8 Å². The van der Waals surface area contributed by atoms with Gasteiger partial charge in [-0.25, -0.2) is 4.39 Å². The van der Waals surface area contributed by atoms with Crippen LogP contribution >= 0.6 is 28.3 Å². The quantitative estimate of drug-likeness (QED) is 0.273. The number of fused-ring (bicyclic) bond motifs is 2. The Balaban J connectivity index is 0.00000423. The van der Waals surface area contributed by atoms with Crippen LogP contribution in [0.15, 0.2) is 83.3 Å². The van der Waals surface area contributed by atoms with Crippen molar-refractivity contribution in [3.63, 3.8) is 0 Å². The SMILES string of the molecule is CN[C@@H](C)C(=O)N[C@H]1CN(C(=O)c2cccc(F)c2)c2ccccc2N(Cc2c(OC)ccc3cc(Br)ccc23)C1=O.Cl. The van der Waals surface area contributed by atoms with Crippen LogP contribution < -0.4 is 25.2 Å². The molecule has 2 atom stereocenters. The maximum absolute atomic E-state index is 14.4. The number of carbonyl (C=O) groups is 3. The van der Waals surface area contributed by atoms with E-state index < -0.39 is 35.6 Å². The molecule has 0 saturated heterocycles. The molecule has 43 heavy (non-hydrogen) atoms. The number of anilines is 2. The lowest BCUT2D eigenvalue weighted by atomic mass is 10.0. The van der Waals surface area contributed by atoms with Gasteiger partial charge in [-0.05, 0) is 73.3 Å². The standard InChI is InChI=1S/C32H30BrFN4O4.ClH/c1-19(35-2)30(39)36-26-18-38(31(40)21-7-6-8-23(34)16-21)28-10-5-4-9-27(28)37(32(26)41)17-25-24-13-12-22(33)15-20(24)11-14-29(25)42-3;/h4-16,19,26,35H,17-18H2,1-3H3,(H,36,39);1H/t19-,26-;/m0./s1. The largest absolute Gasteiger partial charge is 0.496 e. The van der Waals surface area contributed by atoms with Gasteiger partial charge >= 0.3 is 0 Å². The zero-order valence-corrected chi connectivity index (χ0v) is 26.2. The minimum atomic E-state index is -1.09. The molecule has 8 nitrogen and oxygen atoms in total. The summed E-state index contributed by atoms with van der Waals surface area (Å²) in [6, 6.07) is 20.4. The minimum Gasteiger partial charge on any atom is -0.496 e. The second-order valence-electron chi connectivity index (χ2n) is 10.0. The molecule has 0 unspecified atom stereocenters. The van der Waals surface area contributed by atoms with E-state index in [1.807, 2.05) is 30.3 Å². The predicted octanol–water partition coefficient (Wildman–Crippen LogP) is 5.46. The van der Waals surface area contributed by atoms with Crippen LogP contribution in [0, 0.1) is 5.82 Å². The zero-order chi connectivity index (χ0) is 30.0. The number of nitrogens with one attached hydrogen (secondary N) is 2. The molecule has 0 aliphatic carbocycles. The number of ether oxygens (including phenoxy) is 1. The summed E-state index contributed by atoms with van der Waals surface area (Å²) in [4.78, 5) is 44.2. The number of hydrogen-bond acceptors (Lipinski definition) is 5. The molecule has 4 aromatic rings. The lowest BCUT2D eigenvalue weighted by Crippen LogP contribution is -2.55. The van der Waals surface area contributed by atoms with Gasteiger partial charge in [-0.2, -0.15) is 0 Å². The predicted molar refractivity (Wildman–Crippen MR) is 172 cm³/mol. The van der Waals surface area contributed by atoms with Crippen molar-refractivity contribution in [2.24, 2.45) is 0 Å². The second kappa shape index (κ2) is 13.5. The van der Waals surface area contributed by atoms with E-state index in [1.165, 1.54) is 23.1 Å². The van der Waals surface area contributed by atoms with Gasteiger partial charge in [-0.15, -0.1) is 12.4 Å². The van der Waals surface area contributed by atoms with Crippen LogP contribution in [0.3, 0.4) is 0 Å². The fourth-order valence-corrected chi connectivity index (χ4v) is 5.49. The summed E-state index contributed by atoms with van der Waals surface area (Å²) in [6.45, 7) is 1.63. The van der Waals surface area contributed by atoms with Crippen molar-refractivity contribution in [3.05, 3.63) is 100 Å². The van der Waals surface area contributed by atoms with E-state index in [0.29, 0.717) is 17.1 Å². The fraction of sp³-hybridized carbons (Fsp3) is 0.219. The molecule has 0 aromatic heterocycles. The van der Waals surface area contributed by atoms with Crippen LogP contribution in [0.4, 0.5) is 15.8 Å². The third-order valence-corrected chi connectivity index (χ3v) is 7.93. The second-order valence-corrected chi connectivity index (χ2v) is 10.9. The van der Waals surface area contributed by atoms with Crippen molar-refractivity contribution in [2.45, 2.75) is 25.6 Å². The number of amides is 3. The monoisotopic (exact) mass is 668 g/mol. The molecule has 0 bridgehead atoms. The van der Waals surface area contributed by atoms with Crippen LogP contribution in [0.1, 0.15) is 22.8 Å². The van der Waals surface area contributed by atoms with Crippen LogP contribution in [0.2, 0.25) is 0 Å². The highest BCUT2D eigenvalue weighted by atomic mass is 79.9. The molecular formula is C32H31BrClFN4O4. The van der Waals surface area contributed by atoms with Crippen LogP contribution in [-0.4, -0.2) is 50.5 Å². The van der Waals surface area contributed by atoms with Gasteiger partial charge in [0, 0.05) is 15.6 Å². The van der Waals surface area contributed by atoms with Gasteiger partial charge in [-0.1, -0.05) is 46.3 Å². The first-order valence-corrected chi connectivity index (χ1v) is 14.2. The topological polar surface area (TPSA) is 91.0 Å². The van der Waals surface area contributed by atoms with E-state index in [2.05, 4.69) is 26.6 Å². The number of likely N-dealkylation sites (N-methyl/N-ethyl adjacent to an activating group) is 1. The van der Waals surface area contributed by atoms with Crippen molar-refractivity contribution >= 4 is 68.2 Å². The normalized spacial score (nSPS) is 15.3. The third kappa shape index (κ3) is 6.51. The summed E-state index contributed by atoms with van der Waals surface area (Å²) in [6.07, 6.45) is 0. The Kier molecular flexibility index (Phi) is 10.1. The van der Waals surface area contributed by atoms with E-state index in [-0.39, 0.29) is 31.1 Å². The maximum Gasteiger partial charge on any atom is 0.258 e. The van der Waals surface area contributed by atoms with E-state index in [4.69, 9.17) is 4.74 Å². The van der Waals surface area contributed by atoms with E-state index in [0.717, 1.165) is 26.9 Å². The van der Waals surface area contributed by atoms with Gasteiger partial charge in [0.05, 0.1) is 37.6 Å². The maximum atomic E-state index is 14.4. The Labute approximate surface area is 263 Å². The fourth-order valence-electron chi connectivity index (χ4n) is 5.11. The average molecular weight is 670 g/mol. The summed E-state index contributed by atoms with van der Waals surface area (Å²) in [5.74, 6) is -1.25. The number of benzene rings is 4. The van der Waals surface area contributed by atoms with Gasteiger partial charge in [0.2, 0.25) is 5.91 Å². The molecule has 11 heteroatoms. The van der Waals surface area contributed by atoms with E-state index in [1.54, 1.807) is 50.2 Å². The van der Waals surface area contributed by atoms with Crippen molar-refractivity contribution in [1.82, 2.24) is 10.6 Å². The summed E-state index contributed by atoms with van der Waals surface area (Å²) >= 11 is 3.52. The van der Waals surface area contributed by atoms with Crippen LogP contribution in [-0.2, 0) is 16.1 Å². The lowest BCUT2D eigenvalue weighted by Gasteiger charge is -2.27. The molecule has 4 aromatic carbocycles. The molecule has 0 radical (unpaired) electrons. The molecule has 1 aliphatic heterocycles. The Morgan fingerprint density at radius 2 is 1.79 bits per heavy atom. The Morgan fingerprint density at radius 3 is 2.49 bits per heavy atom. The first-order chi connectivity index (χ1) is 20.2. The molecule has 1 aliphatic rings. The van der Waals surface area contributed by atoms with Gasteiger partial charge in [-0.3, -0.25) is 14.4 Å². The highest BCUT2D eigenvalue weighted by Crippen LogP contribution is 2.38. The Bertz CT molecular complexity index is 1690. The number of rotatable bonds is 7. The number of carbonyl (C=O) groups excluding carboxylic acids is 3. The number of methoxy groups -OCH3 is 1. The molecule has 224 valence electrons. The molecule has 0 fully saturated rings. The average Bonchev–Trinajstić information content (AvgIpc) is 3.10. The Hall–Kier alpha value is -3.99. The number of halogens is 3. The molecule has 1 heterocycles. The number of hydrogen-bond donors (Lipinski definition) is 2. The molecular weight excluding hydrogens is 639 g/mol.